The Balaban J connectivity index is 2.34. The molecule has 1 aromatic heterocycles. The molecule has 23 heavy (non-hydrogen) atoms. The molecular weight excluding hydrogens is 288 g/mol. The van der Waals surface area contributed by atoms with Crippen LogP contribution in [-0.4, -0.2) is 33.0 Å². The van der Waals surface area contributed by atoms with E-state index in [1.165, 1.54) is 5.57 Å². The van der Waals surface area contributed by atoms with Gasteiger partial charge in [-0.3, -0.25) is 9.88 Å². The lowest BCUT2D eigenvalue weighted by Crippen LogP contribution is -2.44. The van der Waals surface area contributed by atoms with Crippen molar-refractivity contribution in [1.29, 1.82) is 0 Å². The second kappa shape index (κ2) is 7.88. The molecule has 4 heteroatoms. The Morgan fingerprint density at radius 1 is 1.43 bits per heavy atom. The SMILES string of the molecule is C=CC[C@@H]1CC(C)=C[C@@H](CC=C)N1Cc1ncccc1C(=O)O. The fourth-order valence-electron chi connectivity index (χ4n) is 3.22. The van der Waals surface area contributed by atoms with Gasteiger partial charge < -0.3 is 5.11 Å². The minimum Gasteiger partial charge on any atom is -0.478 e. The Labute approximate surface area is 137 Å². The number of pyridine rings is 1. The number of carboxylic acids is 1. The molecule has 2 heterocycles. The fourth-order valence-corrected chi connectivity index (χ4v) is 3.22. The van der Waals surface area contributed by atoms with E-state index in [2.05, 4.69) is 36.0 Å². The van der Waals surface area contributed by atoms with Crippen molar-refractivity contribution in [2.45, 2.75) is 44.8 Å². The van der Waals surface area contributed by atoms with Gasteiger partial charge in [0.1, 0.15) is 0 Å². The van der Waals surface area contributed by atoms with Crippen molar-refractivity contribution in [3.05, 3.63) is 66.5 Å². The molecule has 0 saturated heterocycles. The molecule has 2 rings (SSSR count). The average molecular weight is 312 g/mol. The van der Waals surface area contributed by atoms with Crippen LogP contribution in [0.5, 0.6) is 0 Å². The Bertz CT molecular complexity index is 622. The van der Waals surface area contributed by atoms with Gasteiger partial charge in [-0.15, -0.1) is 13.2 Å². The summed E-state index contributed by atoms with van der Waals surface area (Å²) in [6.07, 6.45) is 10.4. The summed E-state index contributed by atoms with van der Waals surface area (Å²) in [5.74, 6) is -0.933. The minimum atomic E-state index is -0.933. The maximum atomic E-state index is 11.4. The molecule has 0 amide bonds. The molecule has 0 fully saturated rings. The molecule has 1 aromatic rings. The molecule has 0 radical (unpaired) electrons. The average Bonchev–Trinajstić information content (AvgIpc) is 2.51. The lowest BCUT2D eigenvalue weighted by atomic mass is 9.92. The van der Waals surface area contributed by atoms with Gasteiger partial charge in [-0.1, -0.05) is 23.8 Å². The molecule has 0 aliphatic carbocycles. The maximum absolute atomic E-state index is 11.4. The van der Waals surface area contributed by atoms with Crippen LogP contribution in [0.25, 0.3) is 0 Å². The van der Waals surface area contributed by atoms with Crippen molar-refractivity contribution in [2.75, 3.05) is 0 Å². The standard InChI is InChI=1S/C19H24N2O2/c1-4-7-15-11-14(3)12-16(8-5-2)21(15)13-18-17(19(22)23)9-6-10-20-18/h4-6,9-11,15-16H,1-2,7-8,12-13H2,3H3,(H,22,23)/t15-,16-/m1/s1. The monoisotopic (exact) mass is 312 g/mol. The van der Waals surface area contributed by atoms with E-state index in [1.807, 2.05) is 12.2 Å². The summed E-state index contributed by atoms with van der Waals surface area (Å²) < 4.78 is 0. The van der Waals surface area contributed by atoms with Gasteiger partial charge in [-0.2, -0.15) is 0 Å². The highest BCUT2D eigenvalue weighted by atomic mass is 16.4. The predicted molar refractivity (Wildman–Crippen MR) is 92.3 cm³/mol. The quantitative estimate of drug-likeness (QED) is 0.778. The first-order chi connectivity index (χ1) is 11.1. The summed E-state index contributed by atoms with van der Waals surface area (Å²) >= 11 is 0. The molecule has 0 saturated carbocycles. The second-order valence-electron chi connectivity index (χ2n) is 5.96. The number of rotatable bonds is 7. The number of carbonyl (C=O) groups is 1. The number of carboxylic acid groups (broad SMARTS) is 1. The fraction of sp³-hybridized carbons (Fsp3) is 0.368. The van der Waals surface area contributed by atoms with Crippen LogP contribution in [-0.2, 0) is 6.54 Å². The Morgan fingerprint density at radius 2 is 2.17 bits per heavy atom. The Hall–Kier alpha value is -2.20. The molecule has 0 unspecified atom stereocenters. The molecule has 4 nitrogen and oxygen atoms in total. The van der Waals surface area contributed by atoms with Crippen molar-refractivity contribution in [3.63, 3.8) is 0 Å². The summed E-state index contributed by atoms with van der Waals surface area (Å²) in [4.78, 5) is 18.1. The molecule has 0 aromatic carbocycles. The lowest BCUT2D eigenvalue weighted by molar-refractivity contribution is 0.0690. The summed E-state index contributed by atoms with van der Waals surface area (Å²) in [5.41, 5.74) is 2.24. The highest BCUT2D eigenvalue weighted by Crippen LogP contribution is 2.28. The zero-order valence-electron chi connectivity index (χ0n) is 13.6. The van der Waals surface area contributed by atoms with Crippen LogP contribution in [0, 0.1) is 0 Å². The molecular formula is C19H24N2O2. The number of hydrogen-bond acceptors (Lipinski definition) is 3. The van der Waals surface area contributed by atoms with E-state index in [9.17, 15) is 9.90 Å². The van der Waals surface area contributed by atoms with Crippen molar-refractivity contribution < 1.29 is 9.90 Å². The molecule has 122 valence electrons. The number of aromatic carboxylic acids is 1. The van der Waals surface area contributed by atoms with E-state index in [0.717, 1.165) is 19.3 Å². The van der Waals surface area contributed by atoms with Crippen LogP contribution in [0.2, 0.25) is 0 Å². The van der Waals surface area contributed by atoms with E-state index in [4.69, 9.17) is 0 Å². The molecule has 1 N–H and O–H groups in total. The van der Waals surface area contributed by atoms with Crippen LogP contribution < -0.4 is 0 Å². The van der Waals surface area contributed by atoms with E-state index >= 15 is 0 Å². The van der Waals surface area contributed by atoms with Crippen LogP contribution in [0.15, 0.2) is 55.3 Å². The number of nitrogens with zero attached hydrogens (tertiary/aromatic N) is 2. The van der Waals surface area contributed by atoms with Gasteiger partial charge in [0.25, 0.3) is 0 Å². The number of aromatic nitrogens is 1. The van der Waals surface area contributed by atoms with Gasteiger partial charge in [0.05, 0.1) is 11.3 Å². The molecule has 2 atom stereocenters. The highest BCUT2D eigenvalue weighted by molar-refractivity contribution is 5.88. The van der Waals surface area contributed by atoms with E-state index < -0.39 is 5.97 Å². The Kier molecular flexibility index (Phi) is 5.88. The predicted octanol–water partition coefficient (Wildman–Crippen LogP) is 3.82. The highest BCUT2D eigenvalue weighted by Gasteiger charge is 2.29. The van der Waals surface area contributed by atoms with Crippen LogP contribution in [0.1, 0.15) is 42.2 Å². The van der Waals surface area contributed by atoms with Gasteiger partial charge in [0.15, 0.2) is 0 Å². The molecule has 1 aliphatic heterocycles. The summed E-state index contributed by atoms with van der Waals surface area (Å²) in [7, 11) is 0. The third-order valence-electron chi connectivity index (χ3n) is 4.23. The summed E-state index contributed by atoms with van der Waals surface area (Å²) in [6, 6.07) is 3.80. The first-order valence-corrected chi connectivity index (χ1v) is 7.88. The van der Waals surface area contributed by atoms with E-state index in [1.54, 1.807) is 18.3 Å². The first kappa shape index (κ1) is 17.2. The Morgan fingerprint density at radius 3 is 2.83 bits per heavy atom. The number of hydrogen-bond donors (Lipinski definition) is 1. The smallest absolute Gasteiger partial charge is 0.337 e. The molecule has 1 aliphatic rings. The third-order valence-corrected chi connectivity index (χ3v) is 4.23. The van der Waals surface area contributed by atoms with Crippen molar-refractivity contribution in [1.82, 2.24) is 9.88 Å². The maximum Gasteiger partial charge on any atom is 0.337 e. The lowest BCUT2D eigenvalue weighted by Gasteiger charge is -2.40. The molecule has 0 spiro atoms. The van der Waals surface area contributed by atoms with Crippen LogP contribution in [0.4, 0.5) is 0 Å². The second-order valence-corrected chi connectivity index (χ2v) is 5.96. The van der Waals surface area contributed by atoms with Gasteiger partial charge >= 0.3 is 5.97 Å². The first-order valence-electron chi connectivity index (χ1n) is 7.88. The zero-order chi connectivity index (χ0) is 16.8. The topological polar surface area (TPSA) is 53.4 Å². The van der Waals surface area contributed by atoms with Gasteiger partial charge in [-0.05, 0) is 38.3 Å². The normalized spacial score (nSPS) is 21.5. The van der Waals surface area contributed by atoms with E-state index in [-0.39, 0.29) is 11.6 Å². The van der Waals surface area contributed by atoms with Crippen molar-refractivity contribution in [2.24, 2.45) is 0 Å². The van der Waals surface area contributed by atoms with Crippen molar-refractivity contribution in [3.8, 4) is 0 Å². The summed E-state index contributed by atoms with van der Waals surface area (Å²) in [6.45, 7) is 10.4. The minimum absolute atomic E-state index is 0.217. The van der Waals surface area contributed by atoms with Crippen molar-refractivity contribution >= 4 is 5.97 Å². The van der Waals surface area contributed by atoms with Crippen LogP contribution in [0.3, 0.4) is 0 Å². The van der Waals surface area contributed by atoms with Gasteiger partial charge in [-0.25, -0.2) is 4.79 Å². The van der Waals surface area contributed by atoms with Gasteiger partial charge in [0, 0.05) is 24.8 Å². The van der Waals surface area contributed by atoms with E-state index in [0.29, 0.717) is 18.3 Å². The van der Waals surface area contributed by atoms with Gasteiger partial charge in [0.2, 0.25) is 0 Å². The summed E-state index contributed by atoms with van der Waals surface area (Å²) in [5, 5.41) is 9.37. The third kappa shape index (κ3) is 4.17. The zero-order valence-corrected chi connectivity index (χ0v) is 13.6. The largest absolute Gasteiger partial charge is 0.478 e. The van der Waals surface area contributed by atoms with Crippen LogP contribution >= 0.6 is 0 Å². The molecule has 0 bridgehead atoms.